The van der Waals surface area contributed by atoms with Gasteiger partial charge in [-0.3, -0.25) is 0 Å². The van der Waals surface area contributed by atoms with Crippen LogP contribution < -0.4 is 0 Å². The molecule has 4 aromatic carbocycles. The molecule has 0 atom stereocenters. The molecule has 0 radical (unpaired) electrons. The Morgan fingerprint density at radius 3 is 1.42 bits per heavy atom. The monoisotopic (exact) mass is 350 g/mol. The van der Waals surface area contributed by atoms with E-state index < -0.39 is 0 Å². The zero-order chi connectivity index (χ0) is 17.8. The van der Waals surface area contributed by atoms with Gasteiger partial charge in [0.1, 0.15) is 0 Å². The molecule has 1 heteroatoms. The third kappa shape index (κ3) is 3.12. The molecular formula is C25H19P. The largest absolute Gasteiger partial charge is 0.122 e. The third-order valence-corrected chi connectivity index (χ3v) is 4.91. The van der Waals surface area contributed by atoms with Crippen LogP contribution in [0.1, 0.15) is 5.56 Å². The maximum absolute atomic E-state index is 3.62. The fraction of sp³-hybridized carbons (Fsp3) is 0. The Labute approximate surface area is 157 Å². The highest BCUT2D eigenvalue weighted by Crippen LogP contribution is 2.41. The molecule has 0 unspecified atom stereocenters. The first-order valence-corrected chi connectivity index (χ1v) is 9.30. The van der Waals surface area contributed by atoms with Crippen molar-refractivity contribution in [2.24, 2.45) is 0 Å². The molecule has 0 aliphatic heterocycles. The SMILES string of the molecule is P=Cc1ccc(-c2ccccc2)c(-c2ccccc2)c1-c1ccccc1. The maximum atomic E-state index is 3.62. The van der Waals surface area contributed by atoms with E-state index in [4.69, 9.17) is 0 Å². The van der Waals surface area contributed by atoms with Crippen LogP contribution in [0.2, 0.25) is 0 Å². The zero-order valence-corrected chi connectivity index (χ0v) is 15.4. The first kappa shape index (κ1) is 16.5. The molecule has 4 rings (SSSR count). The summed E-state index contributed by atoms with van der Waals surface area (Å²) in [6.45, 7) is 0. The molecule has 0 nitrogen and oxygen atoms in total. The van der Waals surface area contributed by atoms with Crippen LogP contribution in [0.4, 0.5) is 0 Å². The van der Waals surface area contributed by atoms with E-state index in [1.54, 1.807) is 0 Å². The molecule has 124 valence electrons. The number of benzene rings is 4. The Morgan fingerprint density at radius 2 is 0.923 bits per heavy atom. The molecular weight excluding hydrogens is 331 g/mol. The molecule has 0 spiro atoms. The molecule has 26 heavy (non-hydrogen) atoms. The van der Waals surface area contributed by atoms with Crippen LogP contribution in [0.5, 0.6) is 0 Å². The molecule has 0 heterocycles. The molecule has 0 aliphatic rings. The van der Waals surface area contributed by atoms with Crippen LogP contribution in [-0.2, 0) is 0 Å². The first-order chi connectivity index (χ1) is 12.9. The van der Waals surface area contributed by atoms with Crippen LogP contribution in [0, 0.1) is 0 Å². The van der Waals surface area contributed by atoms with Gasteiger partial charge in [-0.2, -0.15) is 0 Å². The van der Waals surface area contributed by atoms with Crippen LogP contribution in [0.25, 0.3) is 33.4 Å². The normalized spacial score (nSPS) is 10.5. The van der Waals surface area contributed by atoms with E-state index in [1.807, 2.05) is 5.80 Å². The van der Waals surface area contributed by atoms with Crippen molar-refractivity contribution in [2.75, 3.05) is 0 Å². The average Bonchev–Trinajstić information content (AvgIpc) is 2.74. The summed E-state index contributed by atoms with van der Waals surface area (Å²) in [6.07, 6.45) is 0. The standard InChI is InChI=1S/C25H19P/c26-18-22-16-17-23(19-10-4-1-5-11-19)25(21-14-8-3-9-15-21)24(22)20-12-6-2-7-13-20/h1-18,26H. The zero-order valence-electron chi connectivity index (χ0n) is 14.4. The molecule has 0 saturated heterocycles. The molecule has 0 amide bonds. The number of hydrogen-bond donors (Lipinski definition) is 0. The lowest BCUT2D eigenvalue weighted by Gasteiger charge is -2.19. The van der Waals surface area contributed by atoms with Crippen LogP contribution in [0.3, 0.4) is 0 Å². The van der Waals surface area contributed by atoms with Crippen molar-refractivity contribution in [3.05, 3.63) is 109 Å². The maximum Gasteiger partial charge on any atom is -0.00207 e. The summed E-state index contributed by atoms with van der Waals surface area (Å²) in [4.78, 5) is 0. The quantitative estimate of drug-likeness (QED) is 0.348. The van der Waals surface area contributed by atoms with E-state index in [1.165, 1.54) is 38.9 Å². The second-order valence-corrected chi connectivity index (χ2v) is 6.48. The lowest BCUT2D eigenvalue weighted by Crippen LogP contribution is -1.95. The molecule has 4 aromatic rings. The molecule has 0 bridgehead atoms. The van der Waals surface area contributed by atoms with Crippen molar-refractivity contribution in [3.63, 3.8) is 0 Å². The highest BCUT2D eigenvalue weighted by atomic mass is 31.0. The van der Waals surface area contributed by atoms with Crippen molar-refractivity contribution in [1.29, 1.82) is 0 Å². The lowest BCUT2D eigenvalue weighted by molar-refractivity contribution is 1.55. The molecule has 0 fully saturated rings. The predicted octanol–water partition coefficient (Wildman–Crippen LogP) is 6.98. The Bertz CT molecular complexity index is 1020. The second-order valence-electron chi connectivity index (χ2n) is 6.19. The summed E-state index contributed by atoms with van der Waals surface area (Å²) in [6, 6.07) is 36.2. The van der Waals surface area contributed by atoms with Crippen molar-refractivity contribution < 1.29 is 0 Å². The van der Waals surface area contributed by atoms with Gasteiger partial charge in [0.25, 0.3) is 0 Å². The predicted molar refractivity (Wildman–Crippen MR) is 116 cm³/mol. The van der Waals surface area contributed by atoms with Gasteiger partial charge in [-0.05, 0) is 44.7 Å². The van der Waals surface area contributed by atoms with Gasteiger partial charge in [0.15, 0.2) is 0 Å². The topological polar surface area (TPSA) is 0 Å². The smallest absolute Gasteiger partial charge is 0.00207 e. The van der Waals surface area contributed by atoms with E-state index in [9.17, 15) is 0 Å². The third-order valence-electron chi connectivity index (χ3n) is 4.60. The van der Waals surface area contributed by atoms with E-state index in [0.29, 0.717) is 0 Å². The Balaban J connectivity index is 2.11. The Kier molecular flexibility index (Phi) is 4.78. The van der Waals surface area contributed by atoms with Crippen LogP contribution in [-0.4, -0.2) is 5.80 Å². The minimum absolute atomic E-state index is 1.17. The van der Waals surface area contributed by atoms with Gasteiger partial charge in [0, 0.05) is 0 Å². The highest BCUT2D eigenvalue weighted by molar-refractivity contribution is 7.19. The van der Waals surface area contributed by atoms with Gasteiger partial charge in [-0.25, -0.2) is 0 Å². The fourth-order valence-corrected chi connectivity index (χ4v) is 3.66. The Morgan fingerprint density at radius 1 is 0.462 bits per heavy atom. The van der Waals surface area contributed by atoms with Gasteiger partial charge in [-0.15, -0.1) is 8.86 Å². The van der Waals surface area contributed by atoms with Crippen LogP contribution in [0.15, 0.2) is 103 Å². The minimum atomic E-state index is 1.17. The summed E-state index contributed by atoms with van der Waals surface area (Å²) in [7, 11) is 3.62. The molecule has 0 aromatic heterocycles. The van der Waals surface area contributed by atoms with Crippen molar-refractivity contribution in [2.45, 2.75) is 0 Å². The van der Waals surface area contributed by atoms with Gasteiger partial charge in [-0.1, -0.05) is 103 Å². The van der Waals surface area contributed by atoms with Gasteiger partial charge in [0.2, 0.25) is 0 Å². The van der Waals surface area contributed by atoms with Gasteiger partial charge in [0.05, 0.1) is 0 Å². The average molecular weight is 350 g/mol. The fourth-order valence-electron chi connectivity index (χ4n) is 3.42. The molecule has 0 aliphatic carbocycles. The van der Waals surface area contributed by atoms with Crippen molar-refractivity contribution >= 4 is 14.7 Å². The van der Waals surface area contributed by atoms with Gasteiger partial charge >= 0.3 is 0 Å². The summed E-state index contributed by atoms with van der Waals surface area (Å²) < 4.78 is 0. The molecule has 0 N–H and O–H groups in total. The van der Waals surface area contributed by atoms with E-state index in [2.05, 4.69) is 112 Å². The summed E-state index contributed by atoms with van der Waals surface area (Å²) in [5, 5.41) is 0. The first-order valence-electron chi connectivity index (χ1n) is 8.72. The van der Waals surface area contributed by atoms with Crippen molar-refractivity contribution in [1.82, 2.24) is 0 Å². The number of rotatable bonds is 4. The van der Waals surface area contributed by atoms with E-state index in [-0.39, 0.29) is 0 Å². The van der Waals surface area contributed by atoms with Crippen LogP contribution >= 0.6 is 8.86 Å². The van der Waals surface area contributed by atoms with E-state index >= 15 is 0 Å². The Hall–Kier alpha value is -2.95. The summed E-state index contributed by atoms with van der Waals surface area (Å²) in [5.41, 5.74) is 8.58. The highest BCUT2D eigenvalue weighted by Gasteiger charge is 2.16. The number of hydrogen-bond acceptors (Lipinski definition) is 0. The minimum Gasteiger partial charge on any atom is -0.122 e. The summed E-state index contributed by atoms with van der Waals surface area (Å²) in [5.74, 6) is 2.00. The van der Waals surface area contributed by atoms with E-state index in [0.717, 1.165) is 0 Å². The molecule has 0 saturated carbocycles. The lowest BCUT2D eigenvalue weighted by atomic mass is 9.85. The summed E-state index contributed by atoms with van der Waals surface area (Å²) >= 11 is 0. The van der Waals surface area contributed by atoms with Crippen molar-refractivity contribution in [3.8, 4) is 33.4 Å². The second kappa shape index (κ2) is 7.52. The van der Waals surface area contributed by atoms with Gasteiger partial charge < -0.3 is 0 Å².